The standard InChI is InChI=1S/C4H8BrNO2/c5-1-2-8-3-4(6)7/h1-3H2,(H2,6,7). The van der Waals surface area contributed by atoms with E-state index in [1.807, 2.05) is 0 Å². The summed E-state index contributed by atoms with van der Waals surface area (Å²) in [6.45, 7) is 0.550. The van der Waals surface area contributed by atoms with Gasteiger partial charge in [0.25, 0.3) is 0 Å². The molecule has 0 heterocycles. The maximum Gasteiger partial charge on any atom is 0.243 e. The van der Waals surface area contributed by atoms with Crippen molar-refractivity contribution in [2.75, 3.05) is 18.5 Å². The van der Waals surface area contributed by atoms with Crippen LogP contribution in [0.2, 0.25) is 0 Å². The van der Waals surface area contributed by atoms with Crippen LogP contribution in [0.4, 0.5) is 0 Å². The Bertz CT molecular complexity index is 76.4. The Morgan fingerprint density at radius 1 is 1.75 bits per heavy atom. The number of carbonyl (C=O) groups excluding carboxylic acids is 1. The molecule has 3 nitrogen and oxygen atoms in total. The molecular weight excluding hydrogens is 174 g/mol. The van der Waals surface area contributed by atoms with E-state index in [-0.39, 0.29) is 6.61 Å². The van der Waals surface area contributed by atoms with Gasteiger partial charge in [-0.3, -0.25) is 4.79 Å². The summed E-state index contributed by atoms with van der Waals surface area (Å²) in [6, 6.07) is 0. The molecule has 0 unspecified atom stereocenters. The summed E-state index contributed by atoms with van der Waals surface area (Å²) in [4.78, 5) is 9.96. The topological polar surface area (TPSA) is 52.3 Å². The van der Waals surface area contributed by atoms with Crippen molar-refractivity contribution >= 4 is 21.8 Å². The SMILES string of the molecule is NC(=O)COCCBr. The molecule has 0 aliphatic heterocycles. The van der Waals surface area contributed by atoms with Gasteiger partial charge in [0.2, 0.25) is 5.91 Å². The Labute approximate surface area is 56.3 Å². The van der Waals surface area contributed by atoms with E-state index in [1.165, 1.54) is 0 Å². The van der Waals surface area contributed by atoms with Crippen LogP contribution in [0.5, 0.6) is 0 Å². The summed E-state index contributed by atoms with van der Waals surface area (Å²) in [5, 5.41) is 0.736. The zero-order valence-corrected chi connectivity index (χ0v) is 5.98. The van der Waals surface area contributed by atoms with Gasteiger partial charge in [0, 0.05) is 5.33 Å². The molecule has 4 heteroatoms. The lowest BCUT2D eigenvalue weighted by molar-refractivity contribution is -0.122. The number of nitrogens with two attached hydrogens (primary N) is 1. The molecule has 0 aromatic rings. The number of rotatable bonds is 4. The lowest BCUT2D eigenvalue weighted by atomic mass is 10.7. The van der Waals surface area contributed by atoms with Crippen LogP contribution >= 0.6 is 15.9 Å². The quantitative estimate of drug-likeness (QED) is 0.486. The third-order valence-corrected chi connectivity index (χ3v) is 0.790. The Balaban J connectivity index is 2.82. The van der Waals surface area contributed by atoms with Crippen molar-refractivity contribution in [2.45, 2.75) is 0 Å². The molecule has 0 rings (SSSR count). The second-order valence-corrected chi connectivity index (χ2v) is 2.00. The molecule has 0 atom stereocenters. The Morgan fingerprint density at radius 3 is 2.75 bits per heavy atom. The number of ether oxygens (including phenoxy) is 1. The zero-order chi connectivity index (χ0) is 6.41. The van der Waals surface area contributed by atoms with Crippen molar-refractivity contribution < 1.29 is 9.53 Å². The first-order valence-corrected chi connectivity index (χ1v) is 3.31. The van der Waals surface area contributed by atoms with E-state index >= 15 is 0 Å². The van der Waals surface area contributed by atoms with Gasteiger partial charge in [-0.05, 0) is 0 Å². The molecule has 0 radical (unpaired) electrons. The van der Waals surface area contributed by atoms with E-state index in [4.69, 9.17) is 10.5 Å². The smallest absolute Gasteiger partial charge is 0.243 e. The highest BCUT2D eigenvalue weighted by atomic mass is 79.9. The highest BCUT2D eigenvalue weighted by Crippen LogP contribution is 1.79. The third-order valence-electron chi connectivity index (χ3n) is 0.466. The normalized spacial score (nSPS) is 9.12. The zero-order valence-electron chi connectivity index (χ0n) is 4.39. The van der Waals surface area contributed by atoms with Crippen LogP contribution in [0, 0.1) is 0 Å². The van der Waals surface area contributed by atoms with E-state index in [1.54, 1.807) is 0 Å². The van der Waals surface area contributed by atoms with Gasteiger partial charge in [-0.15, -0.1) is 0 Å². The van der Waals surface area contributed by atoms with E-state index in [2.05, 4.69) is 15.9 Å². The Kier molecular flexibility index (Phi) is 5.00. The lowest BCUT2D eigenvalue weighted by Crippen LogP contribution is -2.18. The van der Waals surface area contributed by atoms with Crippen molar-refractivity contribution in [1.29, 1.82) is 0 Å². The van der Waals surface area contributed by atoms with Crippen molar-refractivity contribution in [1.82, 2.24) is 0 Å². The molecule has 0 aromatic carbocycles. The minimum Gasteiger partial charge on any atom is -0.371 e. The molecular formula is C4H8BrNO2. The fourth-order valence-corrected chi connectivity index (χ4v) is 0.456. The van der Waals surface area contributed by atoms with Crippen LogP contribution in [0.1, 0.15) is 0 Å². The largest absolute Gasteiger partial charge is 0.371 e. The summed E-state index contributed by atoms with van der Waals surface area (Å²) in [7, 11) is 0. The number of carbonyl (C=O) groups is 1. The monoisotopic (exact) mass is 181 g/mol. The van der Waals surface area contributed by atoms with Gasteiger partial charge in [-0.2, -0.15) is 0 Å². The van der Waals surface area contributed by atoms with E-state index in [0.717, 1.165) is 5.33 Å². The maximum atomic E-state index is 9.96. The molecule has 0 saturated heterocycles. The van der Waals surface area contributed by atoms with Crippen LogP contribution < -0.4 is 5.73 Å². The molecule has 0 aliphatic rings. The molecule has 0 spiro atoms. The first kappa shape index (κ1) is 7.91. The van der Waals surface area contributed by atoms with Crippen LogP contribution in [0.3, 0.4) is 0 Å². The molecule has 0 fully saturated rings. The van der Waals surface area contributed by atoms with Crippen LogP contribution in [0.25, 0.3) is 0 Å². The summed E-state index contributed by atoms with van der Waals surface area (Å²) < 4.78 is 4.72. The summed E-state index contributed by atoms with van der Waals surface area (Å²) in [5.74, 6) is -0.425. The Morgan fingerprint density at radius 2 is 2.38 bits per heavy atom. The van der Waals surface area contributed by atoms with Gasteiger partial charge in [0.05, 0.1) is 6.61 Å². The van der Waals surface area contributed by atoms with E-state index in [9.17, 15) is 4.79 Å². The molecule has 48 valence electrons. The summed E-state index contributed by atoms with van der Waals surface area (Å²) in [5.41, 5.74) is 4.75. The average molecular weight is 182 g/mol. The molecule has 1 amide bonds. The molecule has 0 aromatic heterocycles. The van der Waals surface area contributed by atoms with Gasteiger partial charge >= 0.3 is 0 Å². The van der Waals surface area contributed by atoms with Gasteiger partial charge in [-0.1, -0.05) is 15.9 Å². The van der Waals surface area contributed by atoms with Gasteiger partial charge in [0.15, 0.2) is 0 Å². The predicted molar refractivity (Wildman–Crippen MR) is 33.8 cm³/mol. The molecule has 0 aliphatic carbocycles. The summed E-state index contributed by atoms with van der Waals surface area (Å²) in [6.07, 6.45) is 0. The summed E-state index contributed by atoms with van der Waals surface area (Å²) >= 11 is 3.12. The molecule has 0 saturated carbocycles. The highest BCUT2D eigenvalue weighted by Gasteiger charge is 1.89. The fourth-order valence-electron chi connectivity index (χ4n) is 0.227. The van der Waals surface area contributed by atoms with E-state index in [0.29, 0.717) is 6.61 Å². The van der Waals surface area contributed by atoms with Crippen LogP contribution in [-0.4, -0.2) is 24.5 Å². The number of hydrogen-bond acceptors (Lipinski definition) is 2. The first-order valence-electron chi connectivity index (χ1n) is 2.19. The van der Waals surface area contributed by atoms with Crippen LogP contribution in [0.15, 0.2) is 0 Å². The van der Waals surface area contributed by atoms with E-state index < -0.39 is 5.91 Å². The predicted octanol–water partition coefficient (Wildman–Crippen LogP) is -0.117. The van der Waals surface area contributed by atoms with Crippen LogP contribution in [-0.2, 0) is 9.53 Å². The van der Waals surface area contributed by atoms with Crippen molar-refractivity contribution in [3.8, 4) is 0 Å². The molecule has 2 N–H and O–H groups in total. The average Bonchev–Trinajstić information content (AvgIpc) is 1.66. The number of primary amides is 1. The molecule has 8 heavy (non-hydrogen) atoms. The van der Waals surface area contributed by atoms with Gasteiger partial charge < -0.3 is 10.5 Å². The third kappa shape index (κ3) is 5.91. The van der Waals surface area contributed by atoms with Crippen molar-refractivity contribution in [3.63, 3.8) is 0 Å². The number of halogens is 1. The minimum atomic E-state index is -0.425. The van der Waals surface area contributed by atoms with Gasteiger partial charge in [-0.25, -0.2) is 0 Å². The second kappa shape index (κ2) is 5.05. The number of alkyl halides is 1. The van der Waals surface area contributed by atoms with Crippen molar-refractivity contribution in [2.24, 2.45) is 5.73 Å². The fraction of sp³-hybridized carbons (Fsp3) is 0.750. The second-order valence-electron chi connectivity index (χ2n) is 1.21. The lowest BCUT2D eigenvalue weighted by Gasteiger charge is -1.94. The number of amides is 1. The van der Waals surface area contributed by atoms with Gasteiger partial charge in [0.1, 0.15) is 6.61 Å². The Hall–Kier alpha value is -0.0900. The minimum absolute atomic E-state index is 0.0194. The van der Waals surface area contributed by atoms with Crippen molar-refractivity contribution in [3.05, 3.63) is 0 Å². The first-order chi connectivity index (χ1) is 3.77. The highest BCUT2D eigenvalue weighted by molar-refractivity contribution is 9.09. The molecule has 0 bridgehead atoms. The number of hydrogen-bond donors (Lipinski definition) is 1. The maximum absolute atomic E-state index is 9.96.